The summed E-state index contributed by atoms with van der Waals surface area (Å²) in [6.07, 6.45) is 0.765. The Bertz CT molecular complexity index is 972. The lowest BCUT2D eigenvalue weighted by Gasteiger charge is -2.43. The van der Waals surface area contributed by atoms with Crippen LogP contribution in [-0.4, -0.2) is 49.5 Å². The molecule has 1 atom stereocenters. The molecule has 2 aliphatic heterocycles. The Morgan fingerprint density at radius 2 is 1.72 bits per heavy atom. The van der Waals surface area contributed by atoms with Crippen LogP contribution in [-0.2, 0) is 22.1 Å². The van der Waals surface area contributed by atoms with Crippen LogP contribution in [0.25, 0.3) is 0 Å². The summed E-state index contributed by atoms with van der Waals surface area (Å²) in [5.41, 5.74) is 1.03. The van der Waals surface area contributed by atoms with Crippen molar-refractivity contribution in [3.05, 3.63) is 71.3 Å². The number of piperidine rings is 1. The first-order valence-electron chi connectivity index (χ1n) is 9.37. The summed E-state index contributed by atoms with van der Waals surface area (Å²) in [6, 6.07) is 11.4. The van der Waals surface area contributed by atoms with Crippen LogP contribution in [0.4, 0.5) is 8.78 Å². The predicted octanol–water partition coefficient (Wildman–Crippen LogP) is 2.69. The third-order valence-electron chi connectivity index (χ3n) is 5.62. The molecule has 2 fully saturated rings. The van der Waals surface area contributed by atoms with Crippen molar-refractivity contribution in [2.75, 3.05) is 18.8 Å². The molecule has 0 unspecified atom stereocenters. The van der Waals surface area contributed by atoms with Crippen molar-refractivity contribution >= 4 is 22.6 Å². The Morgan fingerprint density at radius 3 is 2.38 bits per heavy atom. The monoisotopic (exact) mass is 418 g/mol. The molecule has 8 heteroatoms. The fraction of sp³-hybridized carbons (Fsp3) is 0.333. The number of benzene rings is 2. The van der Waals surface area contributed by atoms with E-state index in [1.807, 2.05) is 0 Å². The molecule has 0 bridgehead atoms. The molecule has 29 heavy (non-hydrogen) atoms. The first-order chi connectivity index (χ1) is 13.9. The van der Waals surface area contributed by atoms with Gasteiger partial charge < -0.3 is 9.80 Å². The molecule has 2 aromatic rings. The molecule has 2 saturated heterocycles. The van der Waals surface area contributed by atoms with Crippen molar-refractivity contribution in [1.29, 1.82) is 0 Å². The van der Waals surface area contributed by atoms with E-state index in [4.69, 9.17) is 0 Å². The lowest BCUT2D eigenvalue weighted by Crippen LogP contribution is -2.55. The second kappa shape index (κ2) is 7.67. The van der Waals surface area contributed by atoms with E-state index in [2.05, 4.69) is 0 Å². The minimum absolute atomic E-state index is 0.0543. The van der Waals surface area contributed by atoms with E-state index in [0.717, 1.165) is 0 Å². The van der Waals surface area contributed by atoms with E-state index >= 15 is 0 Å². The zero-order valence-corrected chi connectivity index (χ0v) is 16.5. The SMILES string of the molecule is O=C(c1ccc(F)cc1)N1CCC2(CC1)N(Cc1cccc(F)c1)C(=O)C[S@@]2=O. The van der Waals surface area contributed by atoms with Crippen LogP contribution >= 0.6 is 0 Å². The van der Waals surface area contributed by atoms with Gasteiger partial charge in [-0.3, -0.25) is 13.8 Å². The Hall–Kier alpha value is -2.61. The van der Waals surface area contributed by atoms with E-state index in [9.17, 15) is 22.6 Å². The van der Waals surface area contributed by atoms with E-state index in [1.54, 1.807) is 21.9 Å². The summed E-state index contributed by atoms with van der Waals surface area (Å²) in [7, 11) is -1.39. The molecule has 0 N–H and O–H groups in total. The second-order valence-corrected chi connectivity index (χ2v) is 9.08. The molecule has 2 aromatic carbocycles. The Balaban J connectivity index is 1.51. The maximum Gasteiger partial charge on any atom is 0.253 e. The van der Waals surface area contributed by atoms with Crippen molar-refractivity contribution in [3.8, 4) is 0 Å². The van der Waals surface area contributed by atoms with Gasteiger partial charge in [-0.2, -0.15) is 0 Å². The molecule has 0 radical (unpaired) electrons. The molecule has 0 aromatic heterocycles. The highest BCUT2D eigenvalue weighted by Gasteiger charge is 2.53. The number of hydrogen-bond acceptors (Lipinski definition) is 3. The molecule has 5 nitrogen and oxygen atoms in total. The van der Waals surface area contributed by atoms with Crippen LogP contribution in [0.3, 0.4) is 0 Å². The number of carbonyl (C=O) groups excluding carboxylic acids is 2. The zero-order chi connectivity index (χ0) is 20.6. The molecular formula is C21H20F2N2O3S. The van der Waals surface area contributed by atoms with E-state index in [-0.39, 0.29) is 29.9 Å². The van der Waals surface area contributed by atoms with Crippen LogP contribution in [0.15, 0.2) is 48.5 Å². The van der Waals surface area contributed by atoms with Crippen molar-refractivity contribution in [1.82, 2.24) is 9.80 Å². The van der Waals surface area contributed by atoms with Crippen LogP contribution in [0.1, 0.15) is 28.8 Å². The van der Waals surface area contributed by atoms with Gasteiger partial charge in [0.15, 0.2) is 0 Å². The Labute approximate surface area is 169 Å². The van der Waals surface area contributed by atoms with Gasteiger partial charge in [0, 0.05) is 38.0 Å². The molecule has 2 aliphatic rings. The topological polar surface area (TPSA) is 57.7 Å². The van der Waals surface area contributed by atoms with Crippen LogP contribution in [0, 0.1) is 11.6 Å². The van der Waals surface area contributed by atoms with Gasteiger partial charge in [0.1, 0.15) is 22.3 Å². The lowest BCUT2D eigenvalue weighted by atomic mass is 10.00. The normalized spacial score (nSPS) is 21.0. The average molecular weight is 418 g/mol. The van der Waals surface area contributed by atoms with Gasteiger partial charge in [-0.15, -0.1) is 0 Å². The lowest BCUT2D eigenvalue weighted by molar-refractivity contribution is -0.131. The first kappa shape index (κ1) is 19.7. The molecule has 152 valence electrons. The summed E-state index contributed by atoms with van der Waals surface area (Å²) in [5.74, 6) is -1.28. The average Bonchev–Trinajstić information content (AvgIpc) is 2.93. The fourth-order valence-corrected chi connectivity index (χ4v) is 5.76. The number of amides is 2. The smallest absolute Gasteiger partial charge is 0.253 e. The van der Waals surface area contributed by atoms with Crippen LogP contribution in [0.5, 0.6) is 0 Å². The third-order valence-corrected chi connectivity index (χ3v) is 7.61. The Kier molecular flexibility index (Phi) is 5.21. The summed E-state index contributed by atoms with van der Waals surface area (Å²) in [4.78, 5) is 27.6. The number of hydrogen-bond donors (Lipinski definition) is 0. The Morgan fingerprint density at radius 1 is 1.03 bits per heavy atom. The van der Waals surface area contributed by atoms with E-state index in [1.165, 1.54) is 36.4 Å². The highest BCUT2D eigenvalue weighted by atomic mass is 32.2. The van der Waals surface area contributed by atoms with Crippen molar-refractivity contribution in [3.63, 3.8) is 0 Å². The number of carbonyl (C=O) groups is 2. The minimum Gasteiger partial charge on any atom is -0.338 e. The number of rotatable bonds is 3. The van der Waals surface area contributed by atoms with E-state index < -0.39 is 21.5 Å². The third kappa shape index (κ3) is 3.69. The maximum atomic E-state index is 13.5. The maximum absolute atomic E-state index is 13.5. The summed E-state index contributed by atoms with van der Waals surface area (Å²) in [5, 5.41) is 0. The van der Waals surface area contributed by atoms with Gasteiger partial charge in [0.05, 0.1) is 10.8 Å². The summed E-state index contributed by atoms with van der Waals surface area (Å²) in [6.45, 7) is 0.873. The van der Waals surface area contributed by atoms with Gasteiger partial charge >= 0.3 is 0 Å². The predicted molar refractivity (Wildman–Crippen MR) is 104 cm³/mol. The molecular weight excluding hydrogens is 398 g/mol. The number of halogens is 2. The van der Waals surface area contributed by atoms with Gasteiger partial charge in [0.2, 0.25) is 5.91 Å². The highest BCUT2D eigenvalue weighted by Crippen LogP contribution is 2.38. The molecule has 1 spiro atoms. The summed E-state index contributed by atoms with van der Waals surface area (Å²) >= 11 is 0. The number of likely N-dealkylation sites (tertiary alicyclic amines) is 1. The standard InChI is InChI=1S/C21H20F2N2O3S/c22-17-6-4-16(5-7-17)20(27)24-10-8-21(9-11-24)25(19(26)14-29(21)28)13-15-2-1-3-18(23)12-15/h1-7,12H,8-11,13-14H2/t29-/m0/s1. The van der Waals surface area contributed by atoms with Gasteiger partial charge in [-0.05, 0) is 42.0 Å². The van der Waals surface area contributed by atoms with Crippen molar-refractivity contribution in [2.24, 2.45) is 0 Å². The van der Waals surface area contributed by atoms with Crippen LogP contribution < -0.4 is 0 Å². The highest BCUT2D eigenvalue weighted by molar-refractivity contribution is 7.87. The first-order valence-corrected chi connectivity index (χ1v) is 10.7. The zero-order valence-electron chi connectivity index (χ0n) is 15.6. The number of nitrogens with zero attached hydrogens (tertiary/aromatic N) is 2. The van der Waals surface area contributed by atoms with Gasteiger partial charge in [0.25, 0.3) is 5.91 Å². The fourth-order valence-electron chi connectivity index (χ4n) is 4.06. The largest absolute Gasteiger partial charge is 0.338 e. The van der Waals surface area contributed by atoms with Crippen LogP contribution in [0.2, 0.25) is 0 Å². The molecule has 2 amide bonds. The molecule has 4 rings (SSSR count). The van der Waals surface area contributed by atoms with E-state index in [0.29, 0.717) is 37.1 Å². The van der Waals surface area contributed by atoms with Gasteiger partial charge in [-0.1, -0.05) is 12.1 Å². The molecule has 2 heterocycles. The minimum atomic E-state index is -1.39. The molecule has 0 aliphatic carbocycles. The van der Waals surface area contributed by atoms with Gasteiger partial charge in [-0.25, -0.2) is 8.78 Å². The second-order valence-electron chi connectivity index (χ2n) is 7.34. The van der Waals surface area contributed by atoms with Crippen molar-refractivity contribution in [2.45, 2.75) is 24.3 Å². The quantitative estimate of drug-likeness (QED) is 0.770. The molecule has 0 saturated carbocycles. The summed E-state index contributed by atoms with van der Waals surface area (Å²) < 4.78 is 39.5. The van der Waals surface area contributed by atoms with Crippen molar-refractivity contribution < 1.29 is 22.6 Å².